The summed E-state index contributed by atoms with van der Waals surface area (Å²) in [7, 11) is 1.83. The molecule has 0 spiro atoms. The molecule has 14 heavy (non-hydrogen) atoms. The Bertz CT molecular complexity index is 332. The lowest BCUT2D eigenvalue weighted by Gasteiger charge is -2.07. The molecule has 0 N–H and O–H groups in total. The lowest BCUT2D eigenvalue weighted by atomic mass is 9.96. The molecule has 1 aliphatic rings. The van der Waals surface area contributed by atoms with Gasteiger partial charge in [0.15, 0.2) is 0 Å². The largest absolute Gasteiger partial charge is 0.299 e. The summed E-state index contributed by atoms with van der Waals surface area (Å²) in [6.45, 7) is 0. The molecular weight excluding hydrogens is 178 g/mol. The molecule has 76 valence electrons. The van der Waals surface area contributed by atoms with Crippen LogP contribution in [0, 0.1) is 0 Å². The zero-order chi connectivity index (χ0) is 9.97. The van der Waals surface area contributed by atoms with Crippen LogP contribution in [0.2, 0.25) is 0 Å². The van der Waals surface area contributed by atoms with Crippen molar-refractivity contribution in [1.29, 1.82) is 0 Å². The molecule has 0 aliphatic heterocycles. The molecule has 1 heterocycles. The van der Waals surface area contributed by atoms with Gasteiger partial charge in [0.25, 0.3) is 0 Å². The van der Waals surface area contributed by atoms with Gasteiger partial charge in [-0.2, -0.15) is 0 Å². The van der Waals surface area contributed by atoms with Crippen LogP contribution in [0.25, 0.3) is 0 Å². The Balaban J connectivity index is 2.18. The van der Waals surface area contributed by atoms with E-state index in [2.05, 4.69) is 10.3 Å². The number of Topliss-reactive ketones (excluding diaryl/α,β-unsaturated/α-hetero) is 1. The number of rotatable bonds is 1. The number of nitrogens with zero attached hydrogens (tertiary/aromatic N) is 3. The quantitative estimate of drug-likeness (QED) is 0.634. The average Bonchev–Trinajstić information content (AvgIpc) is 2.46. The average molecular weight is 193 g/mol. The summed E-state index contributed by atoms with van der Waals surface area (Å²) in [6, 6.07) is 0. The maximum atomic E-state index is 11.7. The Labute approximate surface area is 83.3 Å². The van der Waals surface area contributed by atoms with Gasteiger partial charge in [-0.25, -0.2) is 0 Å². The lowest BCUT2D eigenvalue weighted by Crippen LogP contribution is -2.10. The molecule has 4 nitrogen and oxygen atoms in total. The van der Waals surface area contributed by atoms with Gasteiger partial charge in [0, 0.05) is 19.7 Å². The maximum absolute atomic E-state index is 11.7. The highest BCUT2D eigenvalue weighted by Gasteiger charge is 2.24. The molecule has 0 saturated heterocycles. The minimum Gasteiger partial charge on any atom is -0.299 e. The van der Waals surface area contributed by atoms with Crippen molar-refractivity contribution in [2.24, 2.45) is 7.05 Å². The molecule has 2 rings (SSSR count). The van der Waals surface area contributed by atoms with Crippen molar-refractivity contribution in [1.82, 2.24) is 15.0 Å². The van der Waals surface area contributed by atoms with E-state index in [1.54, 1.807) is 4.68 Å². The third-order valence-corrected chi connectivity index (χ3v) is 2.78. The van der Waals surface area contributed by atoms with Gasteiger partial charge in [0.05, 0.1) is 11.6 Å². The van der Waals surface area contributed by atoms with Crippen molar-refractivity contribution < 1.29 is 4.79 Å². The SMILES string of the molecule is Cn1cc(C2CCCCCC2=O)nn1. The molecule has 0 aromatic carbocycles. The van der Waals surface area contributed by atoms with Crippen molar-refractivity contribution in [3.8, 4) is 0 Å². The summed E-state index contributed by atoms with van der Waals surface area (Å²) in [5, 5.41) is 7.89. The number of hydrogen-bond acceptors (Lipinski definition) is 3. The second-order valence-corrected chi connectivity index (χ2v) is 3.94. The number of aromatic nitrogens is 3. The van der Waals surface area contributed by atoms with Gasteiger partial charge in [0.1, 0.15) is 5.78 Å². The normalized spacial score (nSPS) is 23.5. The second kappa shape index (κ2) is 3.90. The van der Waals surface area contributed by atoms with Crippen molar-refractivity contribution in [2.75, 3.05) is 0 Å². The molecule has 1 aliphatic carbocycles. The number of aryl methyl sites for hydroxylation is 1. The van der Waals surface area contributed by atoms with Crippen LogP contribution >= 0.6 is 0 Å². The Hall–Kier alpha value is -1.19. The van der Waals surface area contributed by atoms with Crippen LogP contribution in [0.1, 0.15) is 43.7 Å². The van der Waals surface area contributed by atoms with Crippen molar-refractivity contribution in [2.45, 2.75) is 38.0 Å². The molecule has 1 aromatic rings. The van der Waals surface area contributed by atoms with E-state index in [1.807, 2.05) is 13.2 Å². The number of carbonyl (C=O) groups excluding carboxylic acids is 1. The van der Waals surface area contributed by atoms with Gasteiger partial charge < -0.3 is 0 Å². The van der Waals surface area contributed by atoms with E-state index in [9.17, 15) is 4.79 Å². The van der Waals surface area contributed by atoms with Gasteiger partial charge in [-0.3, -0.25) is 9.48 Å². The first-order chi connectivity index (χ1) is 6.77. The van der Waals surface area contributed by atoms with Crippen molar-refractivity contribution in [3.63, 3.8) is 0 Å². The fourth-order valence-electron chi connectivity index (χ4n) is 2.00. The molecule has 1 saturated carbocycles. The predicted molar refractivity (Wildman–Crippen MR) is 51.8 cm³/mol. The standard InChI is InChI=1S/C10H15N3O/c1-13-7-9(11-12-13)8-5-3-2-4-6-10(8)14/h7-8H,2-6H2,1H3. The maximum Gasteiger partial charge on any atom is 0.142 e. The van der Waals surface area contributed by atoms with Gasteiger partial charge in [-0.15, -0.1) is 5.10 Å². The van der Waals surface area contributed by atoms with Crippen LogP contribution in [0.15, 0.2) is 6.20 Å². The van der Waals surface area contributed by atoms with E-state index < -0.39 is 0 Å². The molecule has 1 unspecified atom stereocenters. The monoisotopic (exact) mass is 193 g/mol. The Kier molecular flexibility index (Phi) is 2.61. The fourth-order valence-corrected chi connectivity index (χ4v) is 2.00. The summed E-state index contributed by atoms with van der Waals surface area (Å²) in [4.78, 5) is 11.7. The van der Waals surface area contributed by atoms with Crippen LogP contribution < -0.4 is 0 Å². The van der Waals surface area contributed by atoms with Crippen molar-refractivity contribution in [3.05, 3.63) is 11.9 Å². The van der Waals surface area contributed by atoms with Crippen LogP contribution in [0.3, 0.4) is 0 Å². The molecule has 0 radical (unpaired) electrons. The van der Waals surface area contributed by atoms with E-state index in [1.165, 1.54) is 6.42 Å². The highest BCUT2D eigenvalue weighted by atomic mass is 16.1. The van der Waals surface area contributed by atoms with E-state index >= 15 is 0 Å². The van der Waals surface area contributed by atoms with Gasteiger partial charge in [-0.1, -0.05) is 18.1 Å². The summed E-state index contributed by atoms with van der Waals surface area (Å²) >= 11 is 0. The number of hydrogen-bond donors (Lipinski definition) is 0. The Morgan fingerprint density at radius 2 is 2.29 bits per heavy atom. The highest BCUT2D eigenvalue weighted by Crippen LogP contribution is 2.27. The third-order valence-electron chi connectivity index (χ3n) is 2.78. The molecular formula is C10H15N3O. The van der Waals surface area contributed by atoms with Crippen LogP contribution in [-0.2, 0) is 11.8 Å². The zero-order valence-electron chi connectivity index (χ0n) is 8.44. The first-order valence-corrected chi connectivity index (χ1v) is 5.16. The topological polar surface area (TPSA) is 47.8 Å². The van der Waals surface area contributed by atoms with E-state index in [4.69, 9.17) is 0 Å². The minimum atomic E-state index is 0.00574. The smallest absolute Gasteiger partial charge is 0.142 e. The van der Waals surface area contributed by atoms with Crippen LogP contribution in [-0.4, -0.2) is 20.8 Å². The van der Waals surface area contributed by atoms with Gasteiger partial charge >= 0.3 is 0 Å². The summed E-state index contributed by atoms with van der Waals surface area (Å²) in [6.07, 6.45) is 6.84. The lowest BCUT2D eigenvalue weighted by molar-refractivity contribution is -0.120. The van der Waals surface area contributed by atoms with Crippen LogP contribution in [0.4, 0.5) is 0 Å². The first kappa shape index (κ1) is 9.37. The molecule has 1 atom stereocenters. The molecule has 1 aromatic heterocycles. The fraction of sp³-hybridized carbons (Fsp3) is 0.700. The van der Waals surface area contributed by atoms with E-state index in [-0.39, 0.29) is 5.92 Å². The second-order valence-electron chi connectivity index (χ2n) is 3.94. The third kappa shape index (κ3) is 1.84. The van der Waals surface area contributed by atoms with Crippen molar-refractivity contribution >= 4 is 5.78 Å². The summed E-state index contributed by atoms with van der Waals surface area (Å²) in [5.74, 6) is 0.342. The Morgan fingerprint density at radius 3 is 3.00 bits per heavy atom. The molecule has 4 heteroatoms. The highest BCUT2D eigenvalue weighted by molar-refractivity contribution is 5.85. The van der Waals surface area contributed by atoms with Crippen LogP contribution in [0.5, 0.6) is 0 Å². The van der Waals surface area contributed by atoms with E-state index in [0.717, 1.165) is 25.0 Å². The number of carbonyl (C=O) groups is 1. The number of ketones is 1. The zero-order valence-corrected chi connectivity index (χ0v) is 8.44. The first-order valence-electron chi connectivity index (χ1n) is 5.16. The minimum absolute atomic E-state index is 0.00574. The summed E-state index contributed by atoms with van der Waals surface area (Å²) in [5.41, 5.74) is 0.847. The Morgan fingerprint density at radius 1 is 1.43 bits per heavy atom. The molecule has 0 amide bonds. The van der Waals surface area contributed by atoms with Gasteiger partial charge in [-0.05, 0) is 12.8 Å². The summed E-state index contributed by atoms with van der Waals surface area (Å²) < 4.78 is 1.66. The van der Waals surface area contributed by atoms with E-state index in [0.29, 0.717) is 12.2 Å². The van der Waals surface area contributed by atoms with Gasteiger partial charge in [0.2, 0.25) is 0 Å². The molecule has 0 bridgehead atoms. The molecule has 1 fully saturated rings. The predicted octanol–water partition coefficient (Wildman–Crippen LogP) is 1.43.